The maximum Gasteiger partial charge on any atom is 0.388 e. The molecule has 0 bridgehead atoms. The third-order valence-corrected chi connectivity index (χ3v) is 3.58. The van der Waals surface area contributed by atoms with Crippen LogP contribution in [0, 0.1) is 0 Å². The number of nitrogens with zero attached hydrogens (tertiary/aromatic N) is 4. The van der Waals surface area contributed by atoms with E-state index < -0.39 is 6.61 Å². The van der Waals surface area contributed by atoms with Gasteiger partial charge in [0.2, 0.25) is 5.88 Å². The molecular formula is C17H17ClF2N4O2. The molecule has 0 unspecified atom stereocenters. The SMILES string of the molecule is C=NN(Cc1cnc(OC(F)F)c(-c2cccc(Cl)c2)c1)C(=NC)OC. The summed E-state index contributed by atoms with van der Waals surface area (Å²) in [4.78, 5) is 7.96. The molecule has 2 rings (SSSR count). The molecule has 6 nitrogen and oxygen atoms in total. The number of ether oxygens (including phenoxy) is 2. The van der Waals surface area contributed by atoms with E-state index in [9.17, 15) is 8.78 Å². The van der Waals surface area contributed by atoms with Crippen molar-refractivity contribution < 1.29 is 18.3 Å². The first-order valence-electron chi connectivity index (χ1n) is 7.43. The lowest BCUT2D eigenvalue weighted by Crippen LogP contribution is -2.26. The molecule has 0 aliphatic carbocycles. The van der Waals surface area contributed by atoms with E-state index in [0.29, 0.717) is 21.7 Å². The first-order valence-corrected chi connectivity index (χ1v) is 7.81. The number of halogens is 3. The molecule has 0 atom stereocenters. The molecule has 9 heteroatoms. The van der Waals surface area contributed by atoms with Crippen LogP contribution in [0.2, 0.25) is 5.02 Å². The number of alkyl halides is 2. The normalized spacial score (nSPS) is 11.4. The average molecular weight is 383 g/mol. The molecule has 1 aromatic heterocycles. The van der Waals surface area contributed by atoms with Crippen LogP contribution >= 0.6 is 11.6 Å². The predicted octanol–water partition coefficient (Wildman–Crippen LogP) is 4.05. The summed E-state index contributed by atoms with van der Waals surface area (Å²) in [6, 6.07) is 8.67. The molecular weight excluding hydrogens is 366 g/mol. The molecule has 0 radical (unpaired) electrons. The molecule has 0 fully saturated rings. The van der Waals surface area contributed by atoms with Gasteiger partial charge in [-0.2, -0.15) is 13.9 Å². The minimum Gasteiger partial charge on any atom is -0.467 e. The zero-order valence-electron chi connectivity index (χ0n) is 14.2. The van der Waals surface area contributed by atoms with Crippen LogP contribution in [0.1, 0.15) is 5.56 Å². The Hall–Kier alpha value is -2.74. The standard InChI is InChI=1S/C17H17ClF2N4O2/c1-21-17(25-3)24(22-2)10-11-7-14(12-5-4-6-13(18)8-12)15(23-9-11)26-16(19)20/h4-9,16H,2,10H2,1,3H3. The molecule has 1 heterocycles. The fourth-order valence-electron chi connectivity index (χ4n) is 2.29. The Morgan fingerprint density at radius 1 is 1.38 bits per heavy atom. The Bertz CT molecular complexity index is 802. The fourth-order valence-corrected chi connectivity index (χ4v) is 2.48. The minimum atomic E-state index is -3.00. The molecule has 1 aromatic carbocycles. The van der Waals surface area contributed by atoms with Crippen molar-refractivity contribution >= 4 is 24.3 Å². The largest absolute Gasteiger partial charge is 0.467 e. The Kier molecular flexibility index (Phi) is 6.85. The first-order chi connectivity index (χ1) is 12.5. The van der Waals surface area contributed by atoms with Crippen molar-refractivity contribution in [3.63, 3.8) is 0 Å². The van der Waals surface area contributed by atoms with E-state index in [-0.39, 0.29) is 18.4 Å². The lowest BCUT2D eigenvalue weighted by molar-refractivity contribution is -0.0524. The Labute approximate surface area is 154 Å². The highest BCUT2D eigenvalue weighted by Gasteiger charge is 2.16. The van der Waals surface area contributed by atoms with Crippen LogP contribution in [0.5, 0.6) is 5.88 Å². The van der Waals surface area contributed by atoms with Gasteiger partial charge in [-0.1, -0.05) is 23.7 Å². The van der Waals surface area contributed by atoms with E-state index in [1.807, 2.05) is 0 Å². The first kappa shape index (κ1) is 19.6. The van der Waals surface area contributed by atoms with Gasteiger partial charge in [0.05, 0.1) is 13.7 Å². The minimum absolute atomic E-state index is 0.194. The highest BCUT2D eigenvalue weighted by Crippen LogP contribution is 2.32. The van der Waals surface area contributed by atoms with Crippen LogP contribution in [0.15, 0.2) is 46.6 Å². The highest BCUT2D eigenvalue weighted by molar-refractivity contribution is 6.30. The maximum absolute atomic E-state index is 12.7. The van der Waals surface area contributed by atoms with Gasteiger partial charge in [-0.05, 0) is 29.3 Å². The second-order valence-corrected chi connectivity index (χ2v) is 5.43. The molecule has 0 aliphatic heterocycles. The van der Waals surface area contributed by atoms with Gasteiger partial charge < -0.3 is 9.47 Å². The van der Waals surface area contributed by atoms with Crippen molar-refractivity contribution in [2.24, 2.45) is 10.1 Å². The molecule has 2 aromatic rings. The van der Waals surface area contributed by atoms with Crippen LogP contribution < -0.4 is 4.74 Å². The van der Waals surface area contributed by atoms with Crippen LogP contribution in [-0.2, 0) is 11.3 Å². The third kappa shape index (κ3) is 4.89. The molecule has 138 valence electrons. The van der Waals surface area contributed by atoms with Gasteiger partial charge in [0.25, 0.3) is 0 Å². The van der Waals surface area contributed by atoms with Gasteiger partial charge in [-0.15, -0.1) is 0 Å². The number of rotatable bonds is 6. The van der Waals surface area contributed by atoms with Crippen molar-refractivity contribution in [1.29, 1.82) is 0 Å². The number of methoxy groups -OCH3 is 1. The van der Waals surface area contributed by atoms with Crippen molar-refractivity contribution in [1.82, 2.24) is 9.99 Å². The van der Waals surface area contributed by atoms with Gasteiger partial charge in [0, 0.05) is 30.5 Å². The molecule has 0 aliphatic rings. The Morgan fingerprint density at radius 3 is 2.73 bits per heavy atom. The molecule has 26 heavy (non-hydrogen) atoms. The summed E-state index contributed by atoms with van der Waals surface area (Å²) < 4.78 is 35.1. The van der Waals surface area contributed by atoms with E-state index in [4.69, 9.17) is 16.3 Å². The van der Waals surface area contributed by atoms with Gasteiger partial charge in [0.1, 0.15) is 0 Å². The van der Waals surface area contributed by atoms with Crippen LogP contribution in [-0.4, -0.2) is 43.5 Å². The second kappa shape index (κ2) is 9.10. The number of aromatic nitrogens is 1. The summed E-state index contributed by atoms with van der Waals surface area (Å²) in [6.45, 7) is 0.703. The van der Waals surface area contributed by atoms with Gasteiger partial charge in [0.15, 0.2) is 0 Å². The number of hydrogen-bond donors (Lipinski definition) is 0. The summed E-state index contributed by atoms with van der Waals surface area (Å²) in [7, 11) is 3.00. The topological polar surface area (TPSA) is 59.3 Å². The third-order valence-electron chi connectivity index (χ3n) is 3.34. The monoisotopic (exact) mass is 382 g/mol. The maximum atomic E-state index is 12.7. The molecule has 0 saturated carbocycles. The lowest BCUT2D eigenvalue weighted by atomic mass is 10.1. The second-order valence-electron chi connectivity index (χ2n) is 4.99. The summed E-state index contributed by atoms with van der Waals surface area (Å²) in [6.07, 6.45) is 1.41. The zero-order chi connectivity index (χ0) is 19.1. The highest BCUT2D eigenvalue weighted by atomic mass is 35.5. The van der Waals surface area contributed by atoms with Crippen LogP contribution in [0.4, 0.5) is 8.78 Å². The summed E-state index contributed by atoms with van der Waals surface area (Å²) in [5, 5.41) is 5.71. The molecule has 0 spiro atoms. The van der Waals surface area contributed by atoms with Crippen molar-refractivity contribution in [2.75, 3.05) is 14.2 Å². The number of pyridine rings is 1. The van der Waals surface area contributed by atoms with Crippen molar-refractivity contribution in [2.45, 2.75) is 13.2 Å². The number of hydrogen-bond acceptors (Lipinski definition) is 5. The smallest absolute Gasteiger partial charge is 0.388 e. The Morgan fingerprint density at radius 2 is 2.15 bits per heavy atom. The number of benzene rings is 1. The summed E-state index contributed by atoms with van der Waals surface area (Å²) in [5.41, 5.74) is 1.63. The number of amidine groups is 1. The number of aliphatic imine (C=N–C) groups is 1. The fraction of sp³-hybridized carbons (Fsp3) is 0.235. The molecule has 0 amide bonds. The molecule has 0 saturated heterocycles. The predicted molar refractivity (Wildman–Crippen MR) is 96.8 cm³/mol. The van der Waals surface area contributed by atoms with Gasteiger partial charge in [-0.25, -0.2) is 15.0 Å². The van der Waals surface area contributed by atoms with Crippen molar-refractivity contribution in [3.8, 4) is 17.0 Å². The van der Waals surface area contributed by atoms with Gasteiger partial charge >= 0.3 is 12.6 Å². The zero-order valence-corrected chi connectivity index (χ0v) is 15.0. The Balaban J connectivity index is 2.44. The van der Waals surface area contributed by atoms with Gasteiger partial charge in [-0.3, -0.25) is 0 Å². The quantitative estimate of drug-likeness (QED) is 0.429. The van der Waals surface area contributed by atoms with E-state index >= 15 is 0 Å². The van der Waals surface area contributed by atoms with Crippen LogP contribution in [0.25, 0.3) is 11.1 Å². The van der Waals surface area contributed by atoms with E-state index in [0.717, 1.165) is 0 Å². The summed E-state index contributed by atoms with van der Waals surface area (Å²) in [5.74, 6) is -0.194. The van der Waals surface area contributed by atoms with E-state index in [2.05, 4.69) is 26.5 Å². The van der Waals surface area contributed by atoms with E-state index in [1.165, 1.54) is 18.3 Å². The van der Waals surface area contributed by atoms with Crippen molar-refractivity contribution in [3.05, 3.63) is 47.1 Å². The molecule has 0 N–H and O–H groups in total. The number of hydrazone groups is 1. The average Bonchev–Trinajstić information content (AvgIpc) is 2.62. The van der Waals surface area contributed by atoms with E-state index in [1.54, 1.807) is 37.4 Å². The van der Waals surface area contributed by atoms with Crippen LogP contribution in [0.3, 0.4) is 0 Å². The summed E-state index contributed by atoms with van der Waals surface area (Å²) >= 11 is 6.01. The lowest BCUT2D eigenvalue weighted by Gasteiger charge is -2.19.